The van der Waals surface area contributed by atoms with Gasteiger partial charge < -0.3 is 31.5 Å². The number of fused-ring (bicyclic) bond motifs is 1. The molecule has 1 aliphatic carbocycles. The number of Topliss-reactive ketones (excluding diaryl/α,β-unsaturated/α-hetero) is 1. The van der Waals surface area contributed by atoms with Crippen molar-refractivity contribution in [2.45, 2.75) is 67.5 Å². The number of nitrogens with one attached hydrogen (secondary N) is 1. The summed E-state index contributed by atoms with van der Waals surface area (Å²) in [7, 11) is 0. The second-order valence-electron chi connectivity index (χ2n) is 7.58. The van der Waals surface area contributed by atoms with Crippen LogP contribution < -0.4 is 16.8 Å². The molecule has 10 nitrogen and oxygen atoms in total. The lowest BCUT2D eigenvalue weighted by atomic mass is 9.70. The lowest BCUT2D eigenvalue weighted by Gasteiger charge is -2.51. The number of hydrogen-bond acceptors (Lipinski definition) is 9. The molecule has 1 unspecified atom stereocenters. The van der Waals surface area contributed by atoms with Crippen LogP contribution in [-0.2, 0) is 19.1 Å². The molecular formula is C17H25Cl2N3O7. The Morgan fingerprint density at radius 1 is 1.38 bits per heavy atom. The van der Waals surface area contributed by atoms with Crippen LogP contribution in [0.2, 0.25) is 0 Å². The lowest BCUT2D eigenvalue weighted by molar-refractivity contribution is -0.173. The van der Waals surface area contributed by atoms with Crippen LogP contribution in [0.1, 0.15) is 26.7 Å². The van der Waals surface area contributed by atoms with E-state index < -0.39 is 70.1 Å². The van der Waals surface area contributed by atoms with Crippen molar-refractivity contribution in [2.75, 3.05) is 0 Å². The molecule has 12 heteroatoms. The third-order valence-corrected chi connectivity index (χ3v) is 6.26. The zero-order valence-electron chi connectivity index (χ0n) is 15.8. The van der Waals surface area contributed by atoms with Crippen molar-refractivity contribution in [3.05, 3.63) is 11.3 Å². The second-order valence-corrected chi connectivity index (χ2v) is 8.68. The summed E-state index contributed by atoms with van der Waals surface area (Å²) in [6.45, 7) is 2.81. The maximum Gasteiger partial charge on any atom is 0.338 e. The zero-order valence-corrected chi connectivity index (χ0v) is 17.4. The van der Waals surface area contributed by atoms with E-state index in [1.54, 1.807) is 0 Å². The molecule has 0 aromatic carbocycles. The molecule has 29 heavy (non-hydrogen) atoms. The molecule has 0 radical (unpaired) electrons. The number of amides is 1. The fourth-order valence-corrected chi connectivity index (χ4v) is 3.98. The maximum atomic E-state index is 12.5. The van der Waals surface area contributed by atoms with Gasteiger partial charge in [-0.25, -0.2) is 4.79 Å². The molecule has 0 saturated carbocycles. The molecule has 164 valence electrons. The summed E-state index contributed by atoms with van der Waals surface area (Å²) >= 11 is 12.1. The van der Waals surface area contributed by atoms with E-state index in [0.29, 0.717) is 0 Å². The lowest BCUT2D eigenvalue weighted by Crippen LogP contribution is -2.69. The monoisotopic (exact) mass is 453 g/mol. The van der Waals surface area contributed by atoms with Gasteiger partial charge in [-0.05, 0) is 13.8 Å². The van der Waals surface area contributed by atoms with E-state index in [1.165, 1.54) is 13.8 Å². The van der Waals surface area contributed by atoms with Crippen LogP contribution >= 0.6 is 23.2 Å². The van der Waals surface area contributed by atoms with Crippen molar-refractivity contribution in [2.24, 2.45) is 17.4 Å². The molecule has 0 aromatic rings. The first-order valence-electron chi connectivity index (χ1n) is 8.94. The Labute approximate surface area is 177 Å². The summed E-state index contributed by atoms with van der Waals surface area (Å²) in [5, 5.41) is 33.7. The molecule has 2 rings (SSSR count). The predicted molar refractivity (Wildman–Crippen MR) is 103 cm³/mol. The van der Waals surface area contributed by atoms with Gasteiger partial charge in [0.15, 0.2) is 11.4 Å². The summed E-state index contributed by atoms with van der Waals surface area (Å²) in [6.07, 6.45) is -3.65. The molecule has 1 amide bonds. The number of alkyl halides is 2. The number of hydrogen-bond donors (Lipinski definition) is 6. The Hall–Kier alpha value is -1.43. The quantitative estimate of drug-likeness (QED) is 0.203. The number of ketones is 1. The van der Waals surface area contributed by atoms with E-state index in [2.05, 4.69) is 5.32 Å². The van der Waals surface area contributed by atoms with Gasteiger partial charge in [0.25, 0.3) is 0 Å². The highest BCUT2D eigenvalue weighted by molar-refractivity contribution is 6.45. The van der Waals surface area contributed by atoms with Crippen molar-refractivity contribution in [3.8, 4) is 0 Å². The molecular weight excluding hydrogens is 429 g/mol. The van der Waals surface area contributed by atoms with E-state index >= 15 is 0 Å². The highest BCUT2D eigenvalue weighted by atomic mass is 35.5. The van der Waals surface area contributed by atoms with Crippen LogP contribution in [-0.4, -0.2) is 73.8 Å². The molecule has 1 aliphatic heterocycles. The molecule has 7 atom stereocenters. The van der Waals surface area contributed by atoms with E-state index in [0.717, 1.165) is 0 Å². The highest BCUT2D eigenvalue weighted by Crippen LogP contribution is 2.45. The van der Waals surface area contributed by atoms with Gasteiger partial charge in [-0.15, -0.1) is 23.2 Å². The van der Waals surface area contributed by atoms with Crippen LogP contribution in [0.3, 0.4) is 0 Å². The van der Waals surface area contributed by atoms with Crippen molar-refractivity contribution in [1.82, 2.24) is 5.32 Å². The van der Waals surface area contributed by atoms with Gasteiger partial charge in [-0.2, -0.15) is 0 Å². The summed E-state index contributed by atoms with van der Waals surface area (Å²) in [6, 6.07) is -3.30. The second kappa shape index (κ2) is 8.75. The third-order valence-electron chi connectivity index (χ3n) is 5.39. The third kappa shape index (κ3) is 4.52. The molecule has 0 bridgehead atoms. The van der Waals surface area contributed by atoms with E-state index in [9.17, 15) is 29.7 Å². The first-order valence-corrected chi connectivity index (χ1v) is 9.81. The maximum absolute atomic E-state index is 12.5. The van der Waals surface area contributed by atoms with Crippen LogP contribution in [0.4, 0.5) is 0 Å². The molecule has 2 aliphatic rings. The van der Waals surface area contributed by atoms with Gasteiger partial charge in [0.2, 0.25) is 5.91 Å². The highest BCUT2D eigenvalue weighted by Gasteiger charge is 2.59. The van der Waals surface area contributed by atoms with E-state index in [4.69, 9.17) is 39.4 Å². The van der Waals surface area contributed by atoms with Gasteiger partial charge >= 0.3 is 5.97 Å². The standard InChI is InChI=1S/C17H25Cl2N3O7/c1-5(20)7(23)3-6(14(21)27)22-13-11-10(8(24)4-9(25)12(11)26)15(28)29-17(13,2)16(18)19/h5-6,9,11-13,16,22,24-26H,3-4,20H2,1-2H3,(H2,21,27)/t5-,6-,9-,11?,12+,13-,17-/m0/s1. The minimum absolute atomic E-state index is 0.270. The number of aliphatic hydroxyl groups is 3. The van der Waals surface area contributed by atoms with Crippen molar-refractivity contribution >= 4 is 40.9 Å². The van der Waals surface area contributed by atoms with Crippen molar-refractivity contribution in [3.63, 3.8) is 0 Å². The molecule has 1 fully saturated rings. The number of nitrogens with two attached hydrogens (primary N) is 2. The minimum atomic E-state index is -1.70. The molecule has 1 saturated heterocycles. The average molecular weight is 454 g/mol. The number of carbonyl (C=O) groups is 3. The fraction of sp³-hybridized carbons (Fsp3) is 0.706. The van der Waals surface area contributed by atoms with Gasteiger partial charge in [-0.1, -0.05) is 0 Å². The number of halogens is 2. The summed E-state index contributed by atoms with van der Waals surface area (Å²) in [4.78, 5) is 35.2. The van der Waals surface area contributed by atoms with Gasteiger partial charge in [0.1, 0.15) is 10.6 Å². The first kappa shape index (κ1) is 23.8. The molecule has 0 aromatic heterocycles. The summed E-state index contributed by atoms with van der Waals surface area (Å²) in [5.41, 5.74) is 8.99. The predicted octanol–water partition coefficient (Wildman–Crippen LogP) is -1.22. The Kier molecular flexibility index (Phi) is 7.19. The van der Waals surface area contributed by atoms with Crippen molar-refractivity contribution < 1.29 is 34.4 Å². The number of cyclic esters (lactones) is 1. The summed E-state index contributed by atoms with van der Waals surface area (Å²) in [5.74, 6) is -4.04. The Morgan fingerprint density at radius 3 is 2.45 bits per heavy atom. The van der Waals surface area contributed by atoms with Gasteiger partial charge in [0.05, 0.1) is 35.9 Å². The summed E-state index contributed by atoms with van der Waals surface area (Å²) < 4.78 is 5.37. The van der Waals surface area contributed by atoms with Crippen LogP contribution in [0.25, 0.3) is 0 Å². The molecule has 0 spiro atoms. The van der Waals surface area contributed by atoms with Gasteiger partial charge in [-0.3, -0.25) is 14.9 Å². The SMILES string of the molecule is C[C@H](N)C(=O)C[C@H](N[C@H]1C2C(=C(O)C[C@H](O)[C@H]2O)C(=O)O[C@]1(C)C(Cl)Cl)C(N)=O. The van der Waals surface area contributed by atoms with E-state index in [-0.39, 0.29) is 18.4 Å². The topological polar surface area (TPSA) is 185 Å². The zero-order chi connectivity index (χ0) is 22.3. The number of esters is 1. The Bertz CT molecular complexity index is 730. The first-order chi connectivity index (χ1) is 13.3. The largest absolute Gasteiger partial charge is 0.512 e. The average Bonchev–Trinajstić information content (AvgIpc) is 2.60. The number of carbonyl (C=O) groups excluding carboxylic acids is 3. The fourth-order valence-electron chi connectivity index (χ4n) is 3.62. The van der Waals surface area contributed by atoms with Crippen LogP contribution in [0.15, 0.2) is 11.3 Å². The number of ether oxygens (including phenoxy) is 1. The smallest absolute Gasteiger partial charge is 0.338 e. The van der Waals surface area contributed by atoms with Gasteiger partial charge in [0, 0.05) is 18.8 Å². The van der Waals surface area contributed by atoms with E-state index in [1.807, 2.05) is 0 Å². The Balaban J connectivity index is 2.52. The molecule has 1 heterocycles. The number of rotatable bonds is 7. The van der Waals surface area contributed by atoms with Crippen LogP contribution in [0, 0.1) is 5.92 Å². The van der Waals surface area contributed by atoms with Crippen LogP contribution in [0.5, 0.6) is 0 Å². The number of primary amides is 1. The normalized spacial score (nSPS) is 34.4. The van der Waals surface area contributed by atoms with Crippen molar-refractivity contribution in [1.29, 1.82) is 0 Å². The number of aliphatic hydroxyl groups excluding tert-OH is 3. The Morgan fingerprint density at radius 2 is 1.97 bits per heavy atom. The minimum Gasteiger partial charge on any atom is -0.512 e. The molecule has 8 N–H and O–H groups in total.